The van der Waals surface area contributed by atoms with Crippen LogP contribution < -0.4 is 5.32 Å². The number of aromatic carboxylic acids is 1. The Balaban J connectivity index is 2.79. The van der Waals surface area contributed by atoms with E-state index in [1.807, 2.05) is 0 Å². The molecule has 7 nitrogen and oxygen atoms in total. The zero-order chi connectivity index (χ0) is 16.2. The number of aryl methyl sites for hydroxylation is 1. The van der Waals surface area contributed by atoms with Crippen molar-refractivity contribution in [2.45, 2.75) is 20.0 Å². The molecule has 1 atom stereocenters. The SMILES string of the molecule is COCC(O)CN(C)C(=O)Nc1sc(C)c(C)c1C(=O)O. The average molecular weight is 316 g/mol. The van der Waals surface area contributed by atoms with Crippen molar-refractivity contribution in [3.05, 3.63) is 16.0 Å². The minimum absolute atomic E-state index is 0.0887. The topological polar surface area (TPSA) is 99.1 Å². The fourth-order valence-corrected chi connectivity index (χ4v) is 2.85. The molecule has 0 aromatic carbocycles. The molecule has 0 radical (unpaired) electrons. The van der Waals surface area contributed by atoms with Crippen LogP contribution in [-0.2, 0) is 4.74 Å². The summed E-state index contributed by atoms with van der Waals surface area (Å²) in [6.07, 6.45) is -0.795. The number of carbonyl (C=O) groups excluding carboxylic acids is 1. The third-order valence-electron chi connectivity index (χ3n) is 3.01. The van der Waals surface area contributed by atoms with E-state index < -0.39 is 18.1 Å². The average Bonchev–Trinajstić information content (AvgIpc) is 2.64. The lowest BCUT2D eigenvalue weighted by Gasteiger charge is -2.20. The number of carboxylic acids is 1. The number of hydrogen-bond donors (Lipinski definition) is 3. The van der Waals surface area contributed by atoms with Crippen LogP contribution >= 0.6 is 11.3 Å². The van der Waals surface area contributed by atoms with Gasteiger partial charge in [-0.15, -0.1) is 11.3 Å². The zero-order valence-electron chi connectivity index (χ0n) is 12.5. The predicted octanol–water partition coefficient (Wildman–Crippen LogP) is 1.53. The first-order valence-corrected chi connectivity index (χ1v) is 7.12. The Hall–Kier alpha value is -1.64. The number of likely N-dealkylation sites (N-methyl/N-ethyl adjacent to an activating group) is 1. The number of hydrogen-bond acceptors (Lipinski definition) is 5. The summed E-state index contributed by atoms with van der Waals surface area (Å²) in [6.45, 7) is 3.71. The number of aliphatic hydroxyl groups is 1. The Bertz CT molecular complexity index is 529. The zero-order valence-corrected chi connectivity index (χ0v) is 13.3. The lowest BCUT2D eigenvalue weighted by atomic mass is 10.1. The van der Waals surface area contributed by atoms with Gasteiger partial charge in [-0.1, -0.05) is 0 Å². The van der Waals surface area contributed by atoms with Crippen LogP contribution in [0.1, 0.15) is 20.8 Å². The van der Waals surface area contributed by atoms with Crippen molar-refractivity contribution in [1.82, 2.24) is 4.90 Å². The first-order chi connectivity index (χ1) is 9.77. The molecule has 0 aliphatic heterocycles. The van der Waals surface area contributed by atoms with Gasteiger partial charge in [0.2, 0.25) is 0 Å². The molecule has 0 aliphatic carbocycles. The third-order valence-corrected chi connectivity index (χ3v) is 4.13. The van der Waals surface area contributed by atoms with Gasteiger partial charge >= 0.3 is 12.0 Å². The molecule has 1 heterocycles. The summed E-state index contributed by atoms with van der Waals surface area (Å²) >= 11 is 1.22. The highest BCUT2D eigenvalue weighted by molar-refractivity contribution is 7.16. The van der Waals surface area contributed by atoms with Crippen molar-refractivity contribution >= 4 is 28.3 Å². The molecule has 1 aromatic rings. The van der Waals surface area contributed by atoms with Gasteiger partial charge < -0.3 is 19.8 Å². The summed E-state index contributed by atoms with van der Waals surface area (Å²) in [5.74, 6) is -1.07. The maximum absolute atomic E-state index is 12.0. The van der Waals surface area contributed by atoms with Crippen LogP contribution in [0.5, 0.6) is 0 Å². The van der Waals surface area contributed by atoms with Gasteiger partial charge in [-0.05, 0) is 19.4 Å². The molecule has 0 saturated carbocycles. The summed E-state index contributed by atoms with van der Waals surface area (Å²) in [4.78, 5) is 25.4. The minimum atomic E-state index is -1.07. The van der Waals surface area contributed by atoms with Gasteiger partial charge in [0.1, 0.15) is 5.00 Å². The predicted molar refractivity (Wildman–Crippen MR) is 80.3 cm³/mol. The number of aliphatic hydroxyl groups excluding tert-OH is 1. The summed E-state index contributed by atoms with van der Waals surface area (Å²) in [6, 6.07) is -0.478. The molecular weight excluding hydrogens is 296 g/mol. The highest BCUT2D eigenvalue weighted by atomic mass is 32.1. The first kappa shape index (κ1) is 17.4. The van der Waals surface area contributed by atoms with E-state index in [1.165, 1.54) is 30.4 Å². The number of methoxy groups -OCH3 is 1. The van der Waals surface area contributed by atoms with E-state index in [0.717, 1.165) is 4.88 Å². The molecule has 118 valence electrons. The second kappa shape index (κ2) is 7.39. The quantitative estimate of drug-likeness (QED) is 0.739. The maximum atomic E-state index is 12.0. The van der Waals surface area contributed by atoms with Crippen molar-refractivity contribution < 1.29 is 24.5 Å². The van der Waals surface area contributed by atoms with E-state index in [1.54, 1.807) is 13.8 Å². The van der Waals surface area contributed by atoms with Gasteiger partial charge in [0, 0.05) is 19.0 Å². The summed E-state index contributed by atoms with van der Waals surface area (Å²) in [5, 5.41) is 21.7. The Morgan fingerprint density at radius 1 is 1.43 bits per heavy atom. The number of nitrogens with one attached hydrogen (secondary N) is 1. The van der Waals surface area contributed by atoms with Gasteiger partial charge in [0.25, 0.3) is 0 Å². The number of carbonyl (C=O) groups is 2. The number of nitrogens with zero attached hydrogens (tertiary/aromatic N) is 1. The molecule has 1 rings (SSSR count). The maximum Gasteiger partial charge on any atom is 0.338 e. The second-order valence-electron chi connectivity index (χ2n) is 4.71. The smallest absolute Gasteiger partial charge is 0.338 e. The molecule has 0 aliphatic rings. The molecule has 1 unspecified atom stereocenters. The van der Waals surface area contributed by atoms with Gasteiger partial charge in [-0.25, -0.2) is 9.59 Å². The minimum Gasteiger partial charge on any atom is -0.478 e. The highest BCUT2D eigenvalue weighted by Gasteiger charge is 2.22. The van der Waals surface area contributed by atoms with Crippen LogP contribution in [0, 0.1) is 13.8 Å². The van der Waals surface area contributed by atoms with E-state index in [0.29, 0.717) is 10.6 Å². The standard InChI is InChI=1S/C13H20N2O5S/c1-7-8(2)21-11(10(7)12(17)18)14-13(19)15(3)5-9(16)6-20-4/h9,16H,5-6H2,1-4H3,(H,14,19)(H,17,18). The second-order valence-corrected chi connectivity index (χ2v) is 5.94. The number of carboxylic acid groups (broad SMARTS) is 1. The Morgan fingerprint density at radius 3 is 2.57 bits per heavy atom. The Kier molecular flexibility index (Phi) is 6.13. The van der Waals surface area contributed by atoms with E-state index in [4.69, 9.17) is 4.74 Å². The molecule has 0 spiro atoms. The van der Waals surface area contributed by atoms with Crippen molar-refractivity contribution in [2.24, 2.45) is 0 Å². The molecule has 0 saturated heterocycles. The van der Waals surface area contributed by atoms with Crippen molar-refractivity contribution in [3.63, 3.8) is 0 Å². The van der Waals surface area contributed by atoms with Crippen LogP contribution in [0.3, 0.4) is 0 Å². The molecule has 3 N–H and O–H groups in total. The van der Waals surface area contributed by atoms with Crippen LogP contribution in [0.25, 0.3) is 0 Å². The number of anilines is 1. The van der Waals surface area contributed by atoms with Crippen LogP contribution in [-0.4, -0.2) is 60.5 Å². The largest absolute Gasteiger partial charge is 0.478 e. The first-order valence-electron chi connectivity index (χ1n) is 6.30. The van der Waals surface area contributed by atoms with Crippen LogP contribution in [0.4, 0.5) is 9.80 Å². The van der Waals surface area contributed by atoms with Gasteiger partial charge in [-0.2, -0.15) is 0 Å². The number of amides is 2. The van der Waals surface area contributed by atoms with Gasteiger partial charge in [0.05, 0.1) is 24.8 Å². The summed E-state index contributed by atoms with van der Waals surface area (Å²) in [7, 11) is 2.97. The number of rotatable bonds is 6. The Labute approximate surface area is 127 Å². The van der Waals surface area contributed by atoms with E-state index in [2.05, 4.69) is 5.32 Å². The number of ether oxygens (including phenoxy) is 1. The van der Waals surface area contributed by atoms with Crippen molar-refractivity contribution in [2.75, 3.05) is 32.6 Å². The van der Waals surface area contributed by atoms with Crippen molar-refractivity contribution in [1.29, 1.82) is 0 Å². The molecule has 1 aromatic heterocycles. The van der Waals surface area contributed by atoms with Gasteiger partial charge in [0.15, 0.2) is 0 Å². The molecule has 2 amide bonds. The lowest BCUT2D eigenvalue weighted by Crippen LogP contribution is -2.38. The summed E-state index contributed by atoms with van der Waals surface area (Å²) < 4.78 is 4.79. The molecule has 0 fully saturated rings. The van der Waals surface area contributed by atoms with Crippen LogP contribution in [0.15, 0.2) is 0 Å². The van der Waals surface area contributed by atoms with Crippen LogP contribution in [0.2, 0.25) is 0 Å². The summed E-state index contributed by atoms with van der Waals surface area (Å²) in [5.41, 5.74) is 0.751. The highest BCUT2D eigenvalue weighted by Crippen LogP contribution is 2.32. The van der Waals surface area contributed by atoms with E-state index in [9.17, 15) is 19.8 Å². The molecular formula is C13H20N2O5S. The van der Waals surface area contributed by atoms with Gasteiger partial charge in [-0.3, -0.25) is 5.32 Å². The molecule has 21 heavy (non-hydrogen) atoms. The molecule has 8 heteroatoms. The monoisotopic (exact) mass is 316 g/mol. The normalized spacial score (nSPS) is 12.0. The third kappa shape index (κ3) is 4.42. The Morgan fingerprint density at radius 2 is 2.05 bits per heavy atom. The number of urea groups is 1. The number of thiophene rings is 1. The lowest BCUT2D eigenvalue weighted by molar-refractivity contribution is 0.0501. The fourth-order valence-electron chi connectivity index (χ4n) is 1.81. The fraction of sp³-hybridized carbons (Fsp3) is 0.538. The van der Waals surface area contributed by atoms with E-state index >= 15 is 0 Å². The van der Waals surface area contributed by atoms with E-state index in [-0.39, 0.29) is 18.7 Å². The molecule has 0 bridgehead atoms. The van der Waals surface area contributed by atoms with Crippen molar-refractivity contribution in [3.8, 4) is 0 Å².